The van der Waals surface area contributed by atoms with Gasteiger partial charge in [0, 0.05) is 46.0 Å². The summed E-state index contributed by atoms with van der Waals surface area (Å²) in [5, 5.41) is 0. The summed E-state index contributed by atoms with van der Waals surface area (Å²) >= 11 is 0. The van der Waals surface area contributed by atoms with E-state index in [1.165, 1.54) is 32.1 Å². The van der Waals surface area contributed by atoms with Gasteiger partial charge in [0.15, 0.2) is 0 Å². The maximum Gasteiger partial charge on any atom is 0.0589 e. The standard InChI is InChI=1S/C16H34N2O2/c1-4-6-14-7-8-15(17)16(13-14)18(10-12-20-3)9-5-11-19-2/h14-16H,4-13,17H2,1-3H3. The molecule has 2 N–H and O–H groups in total. The highest BCUT2D eigenvalue weighted by molar-refractivity contribution is 4.89. The van der Waals surface area contributed by atoms with Gasteiger partial charge in [-0.15, -0.1) is 0 Å². The molecule has 0 radical (unpaired) electrons. The predicted molar refractivity (Wildman–Crippen MR) is 84.0 cm³/mol. The molecule has 20 heavy (non-hydrogen) atoms. The van der Waals surface area contributed by atoms with Crippen molar-refractivity contribution in [3.05, 3.63) is 0 Å². The van der Waals surface area contributed by atoms with Crippen LogP contribution in [0.4, 0.5) is 0 Å². The molecule has 3 atom stereocenters. The Morgan fingerprint density at radius 3 is 2.50 bits per heavy atom. The lowest BCUT2D eigenvalue weighted by Crippen LogP contribution is -2.52. The van der Waals surface area contributed by atoms with Crippen LogP contribution in [0.2, 0.25) is 0 Å². The number of rotatable bonds is 10. The Labute approximate surface area is 125 Å². The van der Waals surface area contributed by atoms with Crippen molar-refractivity contribution in [1.82, 2.24) is 4.90 Å². The molecule has 1 aliphatic carbocycles. The molecule has 4 heteroatoms. The van der Waals surface area contributed by atoms with E-state index in [1.54, 1.807) is 14.2 Å². The summed E-state index contributed by atoms with van der Waals surface area (Å²) in [4.78, 5) is 2.54. The van der Waals surface area contributed by atoms with Crippen LogP contribution >= 0.6 is 0 Å². The highest BCUT2D eigenvalue weighted by Gasteiger charge is 2.31. The zero-order valence-corrected chi connectivity index (χ0v) is 13.6. The van der Waals surface area contributed by atoms with Crippen molar-refractivity contribution >= 4 is 0 Å². The fourth-order valence-corrected chi connectivity index (χ4v) is 3.41. The van der Waals surface area contributed by atoms with Gasteiger partial charge in [0.2, 0.25) is 0 Å². The minimum atomic E-state index is 0.322. The van der Waals surface area contributed by atoms with E-state index in [4.69, 9.17) is 15.2 Å². The first kappa shape index (κ1) is 17.9. The number of nitrogens with zero attached hydrogens (tertiary/aromatic N) is 1. The highest BCUT2D eigenvalue weighted by Crippen LogP contribution is 2.30. The van der Waals surface area contributed by atoms with E-state index in [0.717, 1.165) is 38.6 Å². The van der Waals surface area contributed by atoms with Crippen LogP contribution in [0.25, 0.3) is 0 Å². The van der Waals surface area contributed by atoms with Crippen LogP contribution in [0.1, 0.15) is 45.4 Å². The maximum atomic E-state index is 6.40. The van der Waals surface area contributed by atoms with Crippen molar-refractivity contribution in [2.24, 2.45) is 11.7 Å². The molecule has 0 aromatic carbocycles. The Balaban J connectivity index is 2.54. The molecule has 1 rings (SSSR count). The molecule has 0 saturated heterocycles. The van der Waals surface area contributed by atoms with Gasteiger partial charge in [0.05, 0.1) is 6.61 Å². The predicted octanol–water partition coefficient (Wildman–Crippen LogP) is 2.27. The Bertz CT molecular complexity index is 239. The summed E-state index contributed by atoms with van der Waals surface area (Å²) in [6, 6.07) is 0.842. The van der Waals surface area contributed by atoms with Crippen LogP contribution < -0.4 is 5.73 Å². The second-order valence-electron chi connectivity index (χ2n) is 6.07. The van der Waals surface area contributed by atoms with Crippen LogP contribution in [-0.2, 0) is 9.47 Å². The van der Waals surface area contributed by atoms with E-state index >= 15 is 0 Å². The second-order valence-corrected chi connectivity index (χ2v) is 6.07. The van der Waals surface area contributed by atoms with Gasteiger partial charge in [-0.05, 0) is 31.6 Å². The third-order valence-corrected chi connectivity index (χ3v) is 4.52. The summed E-state index contributed by atoms with van der Waals surface area (Å²) in [5.41, 5.74) is 6.40. The molecular weight excluding hydrogens is 252 g/mol. The molecule has 0 bridgehead atoms. The summed E-state index contributed by atoms with van der Waals surface area (Å²) in [6.07, 6.45) is 7.44. The average Bonchev–Trinajstić information content (AvgIpc) is 2.45. The molecule has 0 aromatic rings. The molecule has 0 aliphatic heterocycles. The maximum absolute atomic E-state index is 6.40. The molecule has 0 heterocycles. The van der Waals surface area contributed by atoms with Gasteiger partial charge in [0.25, 0.3) is 0 Å². The Kier molecular flexibility index (Phi) is 9.44. The molecule has 3 unspecified atom stereocenters. The fourth-order valence-electron chi connectivity index (χ4n) is 3.41. The van der Waals surface area contributed by atoms with Gasteiger partial charge in [-0.25, -0.2) is 0 Å². The summed E-state index contributed by atoms with van der Waals surface area (Å²) in [6.45, 7) is 5.94. The first-order valence-electron chi connectivity index (χ1n) is 8.20. The smallest absolute Gasteiger partial charge is 0.0589 e. The van der Waals surface area contributed by atoms with Crippen LogP contribution in [0.5, 0.6) is 0 Å². The lowest BCUT2D eigenvalue weighted by molar-refractivity contribution is 0.0676. The topological polar surface area (TPSA) is 47.7 Å². The van der Waals surface area contributed by atoms with E-state index in [2.05, 4.69) is 11.8 Å². The minimum absolute atomic E-state index is 0.322. The van der Waals surface area contributed by atoms with Gasteiger partial charge in [-0.1, -0.05) is 19.8 Å². The molecule has 120 valence electrons. The molecule has 0 amide bonds. The quantitative estimate of drug-likeness (QED) is 0.626. The zero-order chi connectivity index (χ0) is 14.8. The van der Waals surface area contributed by atoms with E-state index in [9.17, 15) is 0 Å². The number of nitrogens with two attached hydrogens (primary N) is 1. The van der Waals surface area contributed by atoms with Crippen molar-refractivity contribution in [3.8, 4) is 0 Å². The number of hydrogen-bond donors (Lipinski definition) is 1. The molecule has 1 aliphatic rings. The minimum Gasteiger partial charge on any atom is -0.385 e. The van der Waals surface area contributed by atoms with E-state index < -0.39 is 0 Å². The summed E-state index contributed by atoms with van der Waals surface area (Å²) in [5.74, 6) is 0.859. The zero-order valence-electron chi connectivity index (χ0n) is 13.6. The Hall–Kier alpha value is -0.160. The summed E-state index contributed by atoms with van der Waals surface area (Å²) in [7, 11) is 3.54. The fraction of sp³-hybridized carbons (Fsp3) is 1.00. The van der Waals surface area contributed by atoms with Gasteiger partial charge in [-0.3, -0.25) is 4.90 Å². The Morgan fingerprint density at radius 2 is 1.85 bits per heavy atom. The molecule has 4 nitrogen and oxygen atoms in total. The van der Waals surface area contributed by atoms with Gasteiger partial charge >= 0.3 is 0 Å². The van der Waals surface area contributed by atoms with Gasteiger partial charge in [-0.2, -0.15) is 0 Å². The van der Waals surface area contributed by atoms with Gasteiger partial charge < -0.3 is 15.2 Å². The molecule has 0 aromatic heterocycles. The van der Waals surface area contributed by atoms with Gasteiger partial charge in [0.1, 0.15) is 0 Å². The monoisotopic (exact) mass is 286 g/mol. The van der Waals surface area contributed by atoms with E-state index in [1.807, 2.05) is 0 Å². The Morgan fingerprint density at radius 1 is 1.10 bits per heavy atom. The van der Waals surface area contributed by atoms with Crippen molar-refractivity contribution < 1.29 is 9.47 Å². The van der Waals surface area contributed by atoms with Crippen LogP contribution in [0.15, 0.2) is 0 Å². The van der Waals surface area contributed by atoms with Crippen LogP contribution in [0.3, 0.4) is 0 Å². The van der Waals surface area contributed by atoms with Crippen molar-refractivity contribution in [3.63, 3.8) is 0 Å². The first-order valence-corrected chi connectivity index (χ1v) is 8.20. The lowest BCUT2D eigenvalue weighted by atomic mass is 9.80. The third-order valence-electron chi connectivity index (χ3n) is 4.52. The number of hydrogen-bond acceptors (Lipinski definition) is 4. The largest absolute Gasteiger partial charge is 0.385 e. The third kappa shape index (κ3) is 6.08. The van der Waals surface area contributed by atoms with Crippen LogP contribution in [-0.4, -0.2) is 57.5 Å². The molecule has 0 spiro atoms. The number of ether oxygens (including phenoxy) is 2. The summed E-state index contributed by atoms with van der Waals surface area (Å²) < 4.78 is 10.4. The number of methoxy groups -OCH3 is 2. The van der Waals surface area contributed by atoms with Crippen LogP contribution in [0, 0.1) is 5.92 Å². The first-order chi connectivity index (χ1) is 9.72. The van der Waals surface area contributed by atoms with Crippen molar-refractivity contribution in [2.45, 2.75) is 57.5 Å². The normalized spacial score (nSPS) is 27.1. The SMILES string of the molecule is CCCC1CCC(N)C(N(CCCOC)CCOC)C1. The van der Waals surface area contributed by atoms with E-state index in [0.29, 0.717) is 12.1 Å². The highest BCUT2D eigenvalue weighted by atomic mass is 16.5. The molecule has 1 fully saturated rings. The average molecular weight is 286 g/mol. The second kappa shape index (κ2) is 10.6. The molecule has 1 saturated carbocycles. The van der Waals surface area contributed by atoms with Crippen molar-refractivity contribution in [1.29, 1.82) is 0 Å². The lowest BCUT2D eigenvalue weighted by Gasteiger charge is -2.41. The van der Waals surface area contributed by atoms with E-state index in [-0.39, 0.29) is 0 Å². The molecular formula is C16H34N2O2. The van der Waals surface area contributed by atoms with Crippen molar-refractivity contribution in [2.75, 3.05) is 40.5 Å².